The summed E-state index contributed by atoms with van der Waals surface area (Å²) in [5, 5.41) is 24.8. The van der Waals surface area contributed by atoms with Crippen LogP contribution < -0.4 is 16.0 Å². The van der Waals surface area contributed by atoms with E-state index in [4.69, 9.17) is 10.2 Å². The van der Waals surface area contributed by atoms with E-state index in [-0.39, 0.29) is 18.9 Å². The highest BCUT2D eigenvalue weighted by molar-refractivity contribution is 5.94. The molecule has 0 saturated heterocycles. The van der Waals surface area contributed by atoms with Crippen molar-refractivity contribution in [2.24, 2.45) is 0 Å². The number of nitrogens with one attached hydrogen (secondary N) is 3. The number of carboxylic acids is 1. The first kappa shape index (κ1) is 16.4. The molecule has 0 aromatic heterocycles. The van der Waals surface area contributed by atoms with Crippen LogP contribution in [0, 0.1) is 0 Å². The van der Waals surface area contributed by atoms with E-state index in [1.807, 2.05) is 0 Å². The van der Waals surface area contributed by atoms with Gasteiger partial charge in [0.05, 0.1) is 0 Å². The Hall–Kier alpha value is -2.61. The van der Waals surface area contributed by atoms with E-state index >= 15 is 0 Å². The van der Waals surface area contributed by atoms with Gasteiger partial charge in [-0.15, -0.1) is 0 Å². The number of carboxylic acid groups (broad SMARTS) is 1. The van der Waals surface area contributed by atoms with Gasteiger partial charge >= 0.3 is 12.0 Å². The highest BCUT2D eigenvalue weighted by Gasteiger charge is 2.19. The van der Waals surface area contributed by atoms with E-state index in [1.165, 1.54) is 13.0 Å². The van der Waals surface area contributed by atoms with Crippen LogP contribution in [0.25, 0.3) is 0 Å². The van der Waals surface area contributed by atoms with Gasteiger partial charge in [0.15, 0.2) is 0 Å². The zero-order valence-electron chi connectivity index (χ0n) is 11.4. The lowest BCUT2D eigenvalue weighted by Crippen LogP contribution is -2.43. The molecule has 0 aliphatic heterocycles. The SMILES string of the molecule is CC(=O)Nc1cccc(NC(=O)N[C@@H](CCO)C(=O)O)c1. The lowest BCUT2D eigenvalue weighted by molar-refractivity contribution is -0.139. The summed E-state index contributed by atoms with van der Waals surface area (Å²) in [7, 11) is 0. The van der Waals surface area contributed by atoms with Gasteiger partial charge in [-0.2, -0.15) is 0 Å². The Kier molecular flexibility index (Phi) is 6.15. The second kappa shape index (κ2) is 7.85. The van der Waals surface area contributed by atoms with Crippen LogP contribution in [0.3, 0.4) is 0 Å². The lowest BCUT2D eigenvalue weighted by Gasteiger charge is -2.14. The average molecular weight is 295 g/mol. The van der Waals surface area contributed by atoms with Crippen molar-refractivity contribution < 1.29 is 24.6 Å². The predicted molar refractivity (Wildman–Crippen MR) is 76.0 cm³/mol. The van der Waals surface area contributed by atoms with Crippen LogP contribution >= 0.6 is 0 Å². The van der Waals surface area contributed by atoms with Crippen LogP contribution in [0.5, 0.6) is 0 Å². The molecule has 8 heteroatoms. The summed E-state index contributed by atoms with van der Waals surface area (Å²) < 4.78 is 0. The van der Waals surface area contributed by atoms with E-state index < -0.39 is 18.0 Å². The zero-order chi connectivity index (χ0) is 15.8. The van der Waals surface area contributed by atoms with Gasteiger partial charge in [-0.3, -0.25) is 4.79 Å². The summed E-state index contributed by atoms with van der Waals surface area (Å²) in [5.74, 6) is -1.48. The minimum Gasteiger partial charge on any atom is -0.480 e. The van der Waals surface area contributed by atoms with Crippen molar-refractivity contribution in [3.05, 3.63) is 24.3 Å². The Balaban J connectivity index is 2.65. The average Bonchev–Trinajstić information content (AvgIpc) is 2.37. The van der Waals surface area contributed by atoms with Gasteiger partial charge in [0.1, 0.15) is 6.04 Å². The number of aliphatic carboxylic acids is 1. The van der Waals surface area contributed by atoms with Crippen LogP contribution in [0.1, 0.15) is 13.3 Å². The number of anilines is 2. The van der Waals surface area contributed by atoms with Gasteiger partial charge in [-0.05, 0) is 18.2 Å². The third-order valence-electron chi connectivity index (χ3n) is 2.46. The number of aliphatic hydroxyl groups is 1. The molecule has 5 N–H and O–H groups in total. The zero-order valence-corrected chi connectivity index (χ0v) is 11.4. The summed E-state index contributed by atoms with van der Waals surface area (Å²) in [6, 6.07) is 4.51. The van der Waals surface area contributed by atoms with Crippen molar-refractivity contribution in [1.29, 1.82) is 0 Å². The summed E-state index contributed by atoms with van der Waals surface area (Å²) >= 11 is 0. The molecule has 1 aromatic rings. The van der Waals surface area contributed by atoms with Gasteiger partial charge in [-0.1, -0.05) is 6.07 Å². The molecule has 1 atom stereocenters. The number of amides is 3. The Bertz CT molecular complexity index is 532. The first-order valence-corrected chi connectivity index (χ1v) is 6.21. The largest absolute Gasteiger partial charge is 0.480 e. The molecule has 0 spiro atoms. The summed E-state index contributed by atoms with van der Waals surface area (Å²) in [4.78, 5) is 33.5. The van der Waals surface area contributed by atoms with Gasteiger partial charge in [0.2, 0.25) is 5.91 Å². The maximum atomic E-state index is 11.7. The first-order valence-electron chi connectivity index (χ1n) is 6.21. The van der Waals surface area contributed by atoms with Crippen molar-refractivity contribution in [3.8, 4) is 0 Å². The van der Waals surface area contributed by atoms with E-state index in [2.05, 4.69) is 16.0 Å². The molecule has 0 unspecified atom stereocenters. The van der Waals surface area contributed by atoms with Crippen molar-refractivity contribution in [3.63, 3.8) is 0 Å². The van der Waals surface area contributed by atoms with Gasteiger partial charge < -0.3 is 26.2 Å². The molecule has 1 aromatic carbocycles. The fraction of sp³-hybridized carbons (Fsp3) is 0.308. The van der Waals surface area contributed by atoms with E-state index in [9.17, 15) is 14.4 Å². The molecule has 0 heterocycles. The Morgan fingerprint density at radius 3 is 2.33 bits per heavy atom. The predicted octanol–water partition coefficient (Wildman–Crippen LogP) is 0.602. The molecular formula is C13H17N3O5. The smallest absolute Gasteiger partial charge is 0.326 e. The number of urea groups is 1. The van der Waals surface area contributed by atoms with Crippen molar-refractivity contribution in [2.75, 3.05) is 17.2 Å². The summed E-state index contributed by atoms with van der Waals surface area (Å²) in [6.45, 7) is 1.01. The van der Waals surface area contributed by atoms with Crippen molar-refractivity contribution in [2.45, 2.75) is 19.4 Å². The Morgan fingerprint density at radius 2 is 1.81 bits per heavy atom. The molecule has 21 heavy (non-hydrogen) atoms. The maximum absolute atomic E-state index is 11.7. The molecule has 0 bridgehead atoms. The fourth-order valence-corrected chi connectivity index (χ4v) is 1.59. The molecule has 0 fully saturated rings. The lowest BCUT2D eigenvalue weighted by atomic mass is 10.2. The molecule has 0 radical (unpaired) electrons. The third kappa shape index (κ3) is 5.91. The number of carbonyl (C=O) groups excluding carboxylic acids is 2. The third-order valence-corrected chi connectivity index (χ3v) is 2.46. The second-order valence-corrected chi connectivity index (χ2v) is 4.26. The van der Waals surface area contributed by atoms with Crippen LogP contribution in [0.15, 0.2) is 24.3 Å². The topological polar surface area (TPSA) is 128 Å². The normalized spacial score (nSPS) is 11.3. The fourth-order valence-electron chi connectivity index (χ4n) is 1.59. The van der Waals surface area contributed by atoms with Crippen LogP contribution in [-0.2, 0) is 9.59 Å². The highest BCUT2D eigenvalue weighted by Crippen LogP contribution is 2.14. The van der Waals surface area contributed by atoms with Gasteiger partial charge in [0.25, 0.3) is 0 Å². The second-order valence-electron chi connectivity index (χ2n) is 4.26. The minimum absolute atomic E-state index is 0.0886. The summed E-state index contributed by atoms with van der Waals surface area (Å²) in [6.07, 6.45) is -0.0886. The summed E-state index contributed by atoms with van der Waals surface area (Å²) in [5.41, 5.74) is 0.900. The van der Waals surface area contributed by atoms with Crippen molar-refractivity contribution >= 4 is 29.3 Å². The van der Waals surface area contributed by atoms with Crippen LogP contribution in [-0.4, -0.2) is 40.8 Å². The van der Waals surface area contributed by atoms with E-state index in [0.717, 1.165) is 0 Å². The highest BCUT2D eigenvalue weighted by atomic mass is 16.4. The Labute approximate surface area is 121 Å². The number of rotatable bonds is 6. The minimum atomic E-state index is -1.23. The van der Waals surface area contributed by atoms with E-state index in [0.29, 0.717) is 11.4 Å². The van der Waals surface area contributed by atoms with Crippen molar-refractivity contribution in [1.82, 2.24) is 5.32 Å². The monoisotopic (exact) mass is 295 g/mol. The molecule has 1 rings (SSSR count). The standard InChI is InChI=1S/C13H17N3O5/c1-8(18)14-9-3-2-4-10(7-9)15-13(21)16-11(5-6-17)12(19)20/h2-4,7,11,17H,5-6H2,1H3,(H,14,18)(H,19,20)(H2,15,16,21)/t11-/m0/s1. The van der Waals surface area contributed by atoms with Crippen LogP contribution in [0.4, 0.5) is 16.2 Å². The number of benzene rings is 1. The van der Waals surface area contributed by atoms with Gasteiger partial charge in [0, 0.05) is 31.3 Å². The maximum Gasteiger partial charge on any atom is 0.326 e. The number of hydrogen-bond acceptors (Lipinski definition) is 4. The van der Waals surface area contributed by atoms with Crippen LogP contribution in [0.2, 0.25) is 0 Å². The Morgan fingerprint density at radius 1 is 1.19 bits per heavy atom. The number of hydrogen-bond donors (Lipinski definition) is 5. The number of carbonyl (C=O) groups is 3. The quantitative estimate of drug-likeness (QED) is 0.525. The molecule has 114 valence electrons. The molecule has 3 amide bonds. The first-order chi connectivity index (χ1) is 9.92. The van der Waals surface area contributed by atoms with E-state index in [1.54, 1.807) is 18.2 Å². The molecular weight excluding hydrogens is 278 g/mol. The molecule has 0 aliphatic carbocycles. The molecule has 0 aliphatic rings. The molecule has 8 nitrogen and oxygen atoms in total. The van der Waals surface area contributed by atoms with Gasteiger partial charge in [-0.25, -0.2) is 9.59 Å². The molecule has 0 saturated carbocycles. The number of aliphatic hydroxyl groups excluding tert-OH is 1.